The zero-order valence-electron chi connectivity index (χ0n) is 12.5. The van der Waals surface area contributed by atoms with Crippen LogP contribution in [-0.4, -0.2) is 55.4 Å². The molecule has 2 unspecified atom stereocenters. The number of carbonyl (C=O) groups is 1. The Morgan fingerprint density at radius 1 is 1.20 bits per heavy atom. The Morgan fingerprint density at radius 2 is 2.00 bits per heavy atom. The smallest absolute Gasteiger partial charge is 0.135 e. The van der Waals surface area contributed by atoms with E-state index in [1.54, 1.807) is 0 Å². The van der Waals surface area contributed by atoms with Gasteiger partial charge in [0.05, 0.1) is 0 Å². The number of hydrogen-bond donors (Lipinski definition) is 0. The molecule has 1 heterocycles. The van der Waals surface area contributed by atoms with Gasteiger partial charge in [0.2, 0.25) is 0 Å². The average molecular weight is 272 g/mol. The highest BCUT2D eigenvalue weighted by Gasteiger charge is 2.30. The number of piperazine rings is 1. The first-order valence-corrected chi connectivity index (χ1v) is 7.62. The molecule has 1 saturated heterocycles. The Bertz CT molecular complexity index is 500. The molecule has 0 N–H and O–H groups in total. The Morgan fingerprint density at radius 3 is 2.80 bits per heavy atom. The normalized spacial score (nSPS) is 26.9. The summed E-state index contributed by atoms with van der Waals surface area (Å²) >= 11 is 0. The second-order valence-corrected chi connectivity index (χ2v) is 6.44. The number of fused-ring (bicyclic) bond motifs is 1. The number of likely N-dealkylation sites (N-methyl/N-ethyl adjacent to an activating group) is 2. The molecule has 1 fully saturated rings. The highest BCUT2D eigenvalue weighted by Crippen LogP contribution is 2.37. The number of hydrogen-bond acceptors (Lipinski definition) is 3. The van der Waals surface area contributed by atoms with Gasteiger partial charge in [-0.1, -0.05) is 24.3 Å². The van der Waals surface area contributed by atoms with Gasteiger partial charge in [0, 0.05) is 38.5 Å². The van der Waals surface area contributed by atoms with Crippen LogP contribution < -0.4 is 0 Å². The fourth-order valence-electron chi connectivity index (χ4n) is 3.49. The van der Waals surface area contributed by atoms with Crippen molar-refractivity contribution >= 4 is 5.78 Å². The quantitative estimate of drug-likeness (QED) is 0.836. The summed E-state index contributed by atoms with van der Waals surface area (Å²) in [6.45, 7) is 3.20. The summed E-state index contributed by atoms with van der Waals surface area (Å²) in [5, 5.41) is 0. The largest absolute Gasteiger partial charge is 0.304 e. The molecular weight excluding hydrogens is 248 g/mol. The van der Waals surface area contributed by atoms with Gasteiger partial charge in [0.1, 0.15) is 5.78 Å². The van der Waals surface area contributed by atoms with E-state index in [0.29, 0.717) is 24.2 Å². The van der Waals surface area contributed by atoms with Crippen molar-refractivity contribution < 1.29 is 4.79 Å². The first-order chi connectivity index (χ1) is 9.63. The van der Waals surface area contributed by atoms with Crippen LogP contribution in [0.3, 0.4) is 0 Å². The van der Waals surface area contributed by atoms with E-state index in [2.05, 4.69) is 48.2 Å². The predicted octanol–water partition coefficient (Wildman–Crippen LogP) is 1.92. The van der Waals surface area contributed by atoms with Crippen LogP contribution in [0.1, 0.15) is 29.9 Å². The lowest BCUT2D eigenvalue weighted by Gasteiger charge is -2.38. The van der Waals surface area contributed by atoms with Crippen LogP contribution in [0.4, 0.5) is 0 Å². The number of rotatable bonds is 4. The molecule has 0 bridgehead atoms. The van der Waals surface area contributed by atoms with E-state index in [-0.39, 0.29) is 0 Å². The molecular formula is C17H24N2O. The van der Waals surface area contributed by atoms with Gasteiger partial charge in [-0.05, 0) is 37.6 Å². The number of benzene rings is 1. The van der Waals surface area contributed by atoms with E-state index in [1.165, 1.54) is 11.1 Å². The molecule has 0 radical (unpaired) electrons. The van der Waals surface area contributed by atoms with Gasteiger partial charge < -0.3 is 9.80 Å². The highest BCUT2D eigenvalue weighted by molar-refractivity contribution is 5.80. The molecule has 3 nitrogen and oxygen atoms in total. The van der Waals surface area contributed by atoms with Crippen molar-refractivity contribution in [1.29, 1.82) is 0 Å². The van der Waals surface area contributed by atoms with E-state index in [9.17, 15) is 4.79 Å². The third-order valence-corrected chi connectivity index (χ3v) is 4.88. The lowest BCUT2D eigenvalue weighted by molar-refractivity contribution is -0.121. The van der Waals surface area contributed by atoms with E-state index < -0.39 is 0 Å². The van der Waals surface area contributed by atoms with E-state index >= 15 is 0 Å². The summed E-state index contributed by atoms with van der Waals surface area (Å²) in [5.74, 6) is 0.905. The number of ketones is 1. The summed E-state index contributed by atoms with van der Waals surface area (Å²) in [6, 6.07) is 8.93. The Labute approximate surface area is 121 Å². The fraction of sp³-hybridized carbons (Fsp3) is 0.588. The van der Waals surface area contributed by atoms with Crippen molar-refractivity contribution in [3.05, 3.63) is 35.4 Å². The molecule has 2 aliphatic rings. The zero-order chi connectivity index (χ0) is 14.1. The fourth-order valence-corrected chi connectivity index (χ4v) is 3.49. The molecule has 0 amide bonds. The minimum atomic E-state index is 0.400. The van der Waals surface area contributed by atoms with Crippen molar-refractivity contribution in [2.75, 3.05) is 33.7 Å². The van der Waals surface area contributed by atoms with Crippen LogP contribution in [0.15, 0.2) is 24.3 Å². The van der Waals surface area contributed by atoms with Gasteiger partial charge in [0.15, 0.2) is 0 Å². The number of Topliss-reactive ketones (excluding diaryl/α,β-unsaturated/α-hetero) is 1. The van der Waals surface area contributed by atoms with Crippen LogP contribution in [0.5, 0.6) is 0 Å². The van der Waals surface area contributed by atoms with Gasteiger partial charge in [-0.25, -0.2) is 0 Å². The first kappa shape index (κ1) is 13.8. The molecule has 1 aliphatic heterocycles. The summed E-state index contributed by atoms with van der Waals surface area (Å²) in [6.07, 6.45) is 2.52. The number of nitrogens with zero attached hydrogens (tertiary/aromatic N) is 2. The van der Waals surface area contributed by atoms with Crippen LogP contribution >= 0.6 is 0 Å². The Kier molecular flexibility index (Phi) is 3.90. The molecule has 0 spiro atoms. The summed E-state index contributed by atoms with van der Waals surface area (Å²) < 4.78 is 0. The average Bonchev–Trinajstić information content (AvgIpc) is 2.40. The Hall–Kier alpha value is -1.19. The molecule has 0 saturated carbocycles. The van der Waals surface area contributed by atoms with Crippen molar-refractivity contribution in [3.8, 4) is 0 Å². The van der Waals surface area contributed by atoms with Crippen molar-refractivity contribution in [2.45, 2.75) is 31.2 Å². The van der Waals surface area contributed by atoms with Gasteiger partial charge in [-0.2, -0.15) is 0 Å². The van der Waals surface area contributed by atoms with Gasteiger partial charge >= 0.3 is 0 Å². The molecule has 2 atom stereocenters. The summed E-state index contributed by atoms with van der Waals surface area (Å²) in [7, 11) is 4.29. The molecule has 3 rings (SSSR count). The van der Waals surface area contributed by atoms with Crippen LogP contribution in [0, 0.1) is 0 Å². The zero-order valence-corrected chi connectivity index (χ0v) is 12.5. The van der Waals surface area contributed by atoms with Gasteiger partial charge in [0.25, 0.3) is 0 Å². The van der Waals surface area contributed by atoms with Gasteiger partial charge in [-0.15, -0.1) is 0 Å². The van der Waals surface area contributed by atoms with Crippen molar-refractivity contribution in [2.24, 2.45) is 0 Å². The Balaban J connectivity index is 1.53. The maximum Gasteiger partial charge on any atom is 0.135 e. The lowest BCUT2D eigenvalue weighted by Crippen LogP contribution is -2.50. The summed E-state index contributed by atoms with van der Waals surface area (Å²) in [5.41, 5.74) is 2.83. The van der Waals surface area contributed by atoms with Crippen molar-refractivity contribution in [1.82, 2.24) is 9.80 Å². The van der Waals surface area contributed by atoms with E-state index in [0.717, 1.165) is 32.5 Å². The second kappa shape index (κ2) is 5.66. The predicted molar refractivity (Wildman–Crippen MR) is 81.0 cm³/mol. The molecule has 108 valence electrons. The third-order valence-electron chi connectivity index (χ3n) is 4.88. The maximum absolute atomic E-state index is 12.3. The standard InChI is InChI=1S/C17H24N2O/c1-18-7-8-19(2)15(12-18)11-16(20)10-14-9-13-5-3-4-6-17(13)14/h3-6,14-15H,7-12H2,1-2H3. The van der Waals surface area contributed by atoms with E-state index in [1.807, 2.05) is 0 Å². The van der Waals surface area contributed by atoms with Crippen LogP contribution in [0.2, 0.25) is 0 Å². The molecule has 1 aliphatic carbocycles. The third kappa shape index (κ3) is 2.79. The second-order valence-electron chi connectivity index (χ2n) is 6.44. The summed E-state index contributed by atoms with van der Waals surface area (Å²) in [4.78, 5) is 17.0. The van der Waals surface area contributed by atoms with E-state index in [4.69, 9.17) is 0 Å². The van der Waals surface area contributed by atoms with Crippen LogP contribution in [0.25, 0.3) is 0 Å². The highest BCUT2D eigenvalue weighted by atomic mass is 16.1. The minimum absolute atomic E-state index is 0.400. The molecule has 0 aromatic heterocycles. The van der Waals surface area contributed by atoms with Gasteiger partial charge in [-0.3, -0.25) is 4.79 Å². The maximum atomic E-state index is 12.3. The molecule has 3 heteroatoms. The topological polar surface area (TPSA) is 23.6 Å². The molecule has 1 aromatic rings. The lowest BCUT2D eigenvalue weighted by atomic mass is 9.74. The van der Waals surface area contributed by atoms with Crippen LogP contribution in [-0.2, 0) is 11.2 Å². The first-order valence-electron chi connectivity index (χ1n) is 7.62. The minimum Gasteiger partial charge on any atom is -0.304 e. The monoisotopic (exact) mass is 272 g/mol. The molecule has 20 heavy (non-hydrogen) atoms. The number of carbonyl (C=O) groups excluding carboxylic acids is 1. The molecule has 1 aromatic carbocycles. The SMILES string of the molecule is CN1CCN(C)C(CC(=O)CC2Cc3ccccc32)C1. The van der Waals surface area contributed by atoms with Crippen molar-refractivity contribution in [3.63, 3.8) is 0 Å².